The van der Waals surface area contributed by atoms with Gasteiger partial charge in [-0.1, -0.05) is 18.2 Å². The summed E-state index contributed by atoms with van der Waals surface area (Å²) in [6, 6.07) is 6.07. The maximum absolute atomic E-state index is 11.8. The van der Waals surface area contributed by atoms with Gasteiger partial charge in [-0.2, -0.15) is 0 Å². The fourth-order valence-corrected chi connectivity index (χ4v) is 1.48. The SMILES string of the molecule is C=CCC(C)NC(=O)c1ccccc1C(=O)O. The summed E-state index contributed by atoms with van der Waals surface area (Å²) < 4.78 is 0. The predicted molar refractivity (Wildman–Crippen MR) is 65.1 cm³/mol. The second-order valence-electron chi connectivity index (χ2n) is 3.75. The molecule has 0 aliphatic heterocycles. The van der Waals surface area contributed by atoms with E-state index in [1.54, 1.807) is 18.2 Å². The Morgan fingerprint density at radius 2 is 2.00 bits per heavy atom. The van der Waals surface area contributed by atoms with Crippen LogP contribution in [0.2, 0.25) is 0 Å². The average molecular weight is 233 g/mol. The van der Waals surface area contributed by atoms with Crippen molar-refractivity contribution < 1.29 is 14.7 Å². The normalized spacial score (nSPS) is 11.6. The number of amides is 1. The Kier molecular flexibility index (Phi) is 4.46. The number of carboxylic acid groups (broad SMARTS) is 1. The van der Waals surface area contributed by atoms with Crippen LogP contribution in [0.5, 0.6) is 0 Å². The molecule has 1 unspecified atom stereocenters. The zero-order valence-electron chi connectivity index (χ0n) is 9.64. The molecule has 0 radical (unpaired) electrons. The van der Waals surface area contributed by atoms with Gasteiger partial charge in [0.15, 0.2) is 0 Å². The molecule has 0 aliphatic rings. The molecule has 0 heterocycles. The van der Waals surface area contributed by atoms with E-state index in [-0.39, 0.29) is 23.1 Å². The van der Waals surface area contributed by atoms with Gasteiger partial charge in [0.2, 0.25) is 0 Å². The topological polar surface area (TPSA) is 66.4 Å². The third-order valence-electron chi connectivity index (χ3n) is 2.30. The highest BCUT2D eigenvalue weighted by atomic mass is 16.4. The van der Waals surface area contributed by atoms with Gasteiger partial charge in [-0.25, -0.2) is 4.79 Å². The van der Waals surface area contributed by atoms with Gasteiger partial charge in [-0.05, 0) is 25.5 Å². The molecule has 1 atom stereocenters. The predicted octanol–water partition coefficient (Wildman–Crippen LogP) is 2.08. The highest BCUT2D eigenvalue weighted by molar-refractivity contribution is 6.04. The van der Waals surface area contributed by atoms with Gasteiger partial charge in [0.25, 0.3) is 5.91 Å². The molecule has 0 fully saturated rings. The van der Waals surface area contributed by atoms with Crippen LogP contribution in [-0.2, 0) is 0 Å². The third-order valence-corrected chi connectivity index (χ3v) is 2.30. The molecule has 4 nitrogen and oxygen atoms in total. The minimum absolute atomic E-state index is 0.0100. The van der Waals surface area contributed by atoms with Crippen molar-refractivity contribution in [2.75, 3.05) is 0 Å². The van der Waals surface area contributed by atoms with Gasteiger partial charge in [-0.15, -0.1) is 6.58 Å². The molecule has 0 aromatic heterocycles. The number of carboxylic acids is 1. The number of nitrogens with one attached hydrogen (secondary N) is 1. The van der Waals surface area contributed by atoms with Gasteiger partial charge in [0, 0.05) is 6.04 Å². The van der Waals surface area contributed by atoms with Crippen LogP contribution < -0.4 is 5.32 Å². The molecule has 1 aromatic rings. The van der Waals surface area contributed by atoms with Gasteiger partial charge >= 0.3 is 5.97 Å². The molecule has 1 aromatic carbocycles. The van der Waals surface area contributed by atoms with E-state index in [1.165, 1.54) is 12.1 Å². The first kappa shape index (κ1) is 13.0. The Labute approximate surface area is 100.0 Å². The third kappa shape index (κ3) is 3.45. The molecular weight excluding hydrogens is 218 g/mol. The number of benzene rings is 1. The summed E-state index contributed by atoms with van der Waals surface area (Å²) in [7, 11) is 0. The smallest absolute Gasteiger partial charge is 0.336 e. The number of carbonyl (C=O) groups excluding carboxylic acids is 1. The number of hydrogen-bond acceptors (Lipinski definition) is 2. The Hall–Kier alpha value is -2.10. The molecule has 1 rings (SSSR count). The van der Waals surface area contributed by atoms with E-state index in [9.17, 15) is 9.59 Å². The summed E-state index contributed by atoms with van der Waals surface area (Å²) in [5, 5.41) is 11.7. The summed E-state index contributed by atoms with van der Waals surface area (Å²) >= 11 is 0. The lowest BCUT2D eigenvalue weighted by atomic mass is 10.1. The number of carbonyl (C=O) groups is 2. The van der Waals surface area contributed by atoms with Crippen LogP contribution in [0.1, 0.15) is 34.1 Å². The van der Waals surface area contributed by atoms with Crippen molar-refractivity contribution >= 4 is 11.9 Å². The first-order valence-electron chi connectivity index (χ1n) is 5.30. The second-order valence-corrected chi connectivity index (χ2v) is 3.75. The van der Waals surface area contributed by atoms with E-state index in [4.69, 9.17) is 5.11 Å². The summed E-state index contributed by atoms with van der Waals surface area (Å²) in [5.74, 6) is -1.48. The summed E-state index contributed by atoms with van der Waals surface area (Å²) in [4.78, 5) is 22.8. The van der Waals surface area contributed by atoms with Crippen LogP contribution in [0.4, 0.5) is 0 Å². The van der Waals surface area contributed by atoms with Gasteiger partial charge in [0.05, 0.1) is 11.1 Å². The van der Waals surface area contributed by atoms with Crippen molar-refractivity contribution in [2.24, 2.45) is 0 Å². The zero-order valence-corrected chi connectivity index (χ0v) is 9.64. The Bertz CT molecular complexity index is 440. The van der Waals surface area contributed by atoms with Crippen molar-refractivity contribution in [1.82, 2.24) is 5.32 Å². The van der Waals surface area contributed by atoms with E-state index >= 15 is 0 Å². The molecule has 90 valence electrons. The maximum Gasteiger partial charge on any atom is 0.336 e. The van der Waals surface area contributed by atoms with Crippen molar-refractivity contribution in [2.45, 2.75) is 19.4 Å². The van der Waals surface area contributed by atoms with Gasteiger partial charge in [-0.3, -0.25) is 4.79 Å². The molecule has 0 aliphatic carbocycles. The van der Waals surface area contributed by atoms with Gasteiger partial charge < -0.3 is 10.4 Å². The number of hydrogen-bond donors (Lipinski definition) is 2. The Morgan fingerprint density at radius 1 is 1.41 bits per heavy atom. The van der Waals surface area contributed by atoms with E-state index in [0.29, 0.717) is 6.42 Å². The number of aromatic carboxylic acids is 1. The molecule has 0 saturated carbocycles. The van der Waals surface area contributed by atoms with E-state index in [0.717, 1.165) is 0 Å². The van der Waals surface area contributed by atoms with E-state index < -0.39 is 5.97 Å². The molecule has 4 heteroatoms. The lowest BCUT2D eigenvalue weighted by molar-refractivity contribution is 0.0690. The van der Waals surface area contributed by atoms with Crippen LogP contribution in [0.3, 0.4) is 0 Å². The molecule has 2 N–H and O–H groups in total. The van der Waals surface area contributed by atoms with Crippen molar-refractivity contribution in [3.8, 4) is 0 Å². The average Bonchev–Trinajstić information content (AvgIpc) is 2.29. The minimum atomic E-state index is -1.10. The molecule has 0 bridgehead atoms. The van der Waals surface area contributed by atoms with Crippen LogP contribution in [0.25, 0.3) is 0 Å². The minimum Gasteiger partial charge on any atom is -0.478 e. The summed E-state index contributed by atoms with van der Waals surface area (Å²) in [6.45, 7) is 5.42. The van der Waals surface area contributed by atoms with Crippen LogP contribution in [0, 0.1) is 0 Å². The summed E-state index contributed by atoms with van der Waals surface area (Å²) in [5.41, 5.74) is 0.187. The Morgan fingerprint density at radius 3 is 2.53 bits per heavy atom. The van der Waals surface area contributed by atoms with Crippen molar-refractivity contribution in [3.63, 3.8) is 0 Å². The molecule has 1 amide bonds. The maximum atomic E-state index is 11.8. The van der Waals surface area contributed by atoms with Crippen LogP contribution >= 0.6 is 0 Å². The molecule has 0 saturated heterocycles. The zero-order chi connectivity index (χ0) is 12.8. The van der Waals surface area contributed by atoms with E-state index in [1.807, 2.05) is 6.92 Å². The standard InChI is InChI=1S/C13H15NO3/c1-3-6-9(2)14-12(15)10-7-4-5-8-11(10)13(16)17/h3-5,7-9H,1,6H2,2H3,(H,14,15)(H,16,17). The highest BCUT2D eigenvalue weighted by Gasteiger charge is 2.16. The van der Waals surface area contributed by atoms with Crippen molar-refractivity contribution in [3.05, 3.63) is 48.0 Å². The van der Waals surface area contributed by atoms with Gasteiger partial charge in [0.1, 0.15) is 0 Å². The van der Waals surface area contributed by atoms with Crippen molar-refractivity contribution in [1.29, 1.82) is 0 Å². The molecular formula is C13H15NO3. The monoisotopic (exact) mass is 233 g/mol. The second kappa shape index (κ2) is 5.84. The fraction of sp³-hybridized carbons (Fsp3) is 0.231. The lowest BCUT2D eigenvalue weighted by Crippen LogP contribution is -2.33. The lowest BCUT2D eigenvalue weighted by Gasteiger charge is -2.12. The quantitative estimate of drug-likeness (QED) is 0.765. The van der Waals surface area contributed by atoms with Crippen LogP contribution in [0.15, 0.2) is 36.9 Å². The molecule has 17 heavy (non-hydrogen) atoms. The highest BCUT2D eigenvalue weighted by Crippen LogP contribution is 2.09. The fourth-order valence-electron chi connectivity index (χ4n) is 1.48. The first-order chi connectivity index (χ1) is 8.06. The van der Waals surface area contributed by atoms with Crippen LogP contribution in [-0.4, -0.2) is 23.0 Å². The Balaban J connectivity index is 2.89. The largest absolute Gasteiger partial charge is 0.478 e. The number of rotatable bonds is 5. The summed E-state index contributed by atoms with van der Waals surface area (Å²) in [6.07, 6.45) is 2.34. The first-order valence-corrected chi connectivity index (χ1v) is 5.30. The van der Waals surface area contributed by atoms with E-state index in [2.05, 4.69) is 11.9 Å². The molecule has 0 spiro atoms.